The Morgan fingerprint density at radius 2 is 1.93 bits per heavy atom. The molecule has 9 nitrogen and oxygen atoms in total. The molecule has 3 aromatic heterocycles. The number of hydrogen-bond donors (Lipinski definition) is 2. The third-order valence-corrected chi connectivity index (χ3v) is 9.78. The summed E-state index contributed by atoms with van der Waals surface area (Å²) in [5, 5.41) is 13.8. The number of morpholine rings is 1. The van der Waals surface area contributed by atoms with Crippen LogP contribution in [0.15, 0.2) is 66.2 Å². The second kappa shape index (κ2) is 11.7. The van der Waals surface area contributed by atoms with Crippen molar-refractivity contribution in [1.82, 2.24) is 14.5 Å². The van der Waals surface area contributed by atoms with Crippen LogP contribution in [0.5, 0.6) is 0 Å². The maximum atomic E-state index is 13.1. The molecule has 0 bridgehead atoms. The first-order valence-corrected chi connectivity index (χ1v) is 15.5. The lowest BCUT2D eigenvalue weighted by atomic mass is 9.94. The fraction of sp³-hybridized carbons (Fsp3) is 0.324. The minimum atomic E-state index is -0.224. The molecule has 2 N–H and O–H groups in total. The first kappa shape index (κ1) is 29.8. The number of carbonyl (C=O) groups excluding carboxylic acids is 1. The molecule has 1 saturated heterocycles. The van der Waals surface area contributed by atoms with Crippen LogP contribution in [0.25, 0.3) is 16.8 Å². The molecule has 5 heterocycles. The number of aryl methyl sites for hydroxylation is 1. The van der Waals surface area contributed by atoms with E-state index < -0.39 is 0 Å². The Hall–Kier alpha value is -4.25. The molecule has 6 rings (SSSR count). The zero-order chi connectivity index (χ0) is 31.2. The van der Waals surface area contributed by atoms with E-state index in [9.17, 15) is 14.7 Å². The van der Waals surface area contributed by atoms with Crippen LogP contribution in [-0.4, -0.2) is 51.8 Å². The molecule has 0 unspecified atom stereocenters. The molecule has 0 atom stereocenters. The summed E-state index contributed by atoms with van der Waals surface area (Å²) >= 11 is 1.78. The lowest BCUT2D eigenvalue weighted by Gasteiger charge is -2.26. The van der Waals surface area contributed by atoms with E-state index >= 15 is 0 Å². The second-order valence-corrected chi connectivity index (χ2v) is 13.3. The van der Waals surface area contributed by atoms with E-state index in [1.54, 1.807) is 47.7 Å². The summed E-state index contributed by atoms with van der Waals surface area (Å²) in [5.41, 5.74) is 6.08. The molecule has 1 fully saturated rings. The maximum absolute atomic E-state index is 13.1. The van der Waals surface area contributed by atoms with Crippen molar-refractivity contribution in [3.8, 4) is 11.1 Å². The Morgan fingerprint density at radius 1 is 1.16 bits per heavy atom. The van der Waals surface area contributed by atoms with Gasteiger partial charge in [-0.3, -0.25) is 9.59 Å². The molecular weight excluding hydrogens is 574 g/mol. The zero-order valence-electron chi connectivity index (χ0n) is 25.5. The summed E-state index contributed by atoms with van der Waals surface area (Å²) in [6, 6.07) is 13.4. The fourth-order valence-electron chi connectivity index (χ4n) is 5.67. The van der Waals surface area contributed by atoms with Crippen molar-refractivity contribution < 1.29 is 14.6 Å². The monoisotopic (exact) mass is 611 g/mol. The molecule has 1 aromatic carbocycles. The topological polar surface area (TPSA) is 99.9 Å². The van der Waals surface area contributed by atoms with Gasteiger partial charge in [-0.05, 0) is 46.9 Å². The van der Waals surface area contributed by atoms with Crippen LogP contribution >= 0.6 is 11.3 Å². The lowest BCUT2D eigenvalue weighted by Crippen LogP contribution is -2.40. The lowest BCUT2D eigenvalue weighted by molar-refractivity contribution is 0.0302. The van der Waals surface area contributed by atoms with E-state index in [0.717, 1.165) is 28.1 Å². The number of fused-ring (bicyclic) bond motifs is 1. The van der Waals surface area contributed by atoms with Crippen LogP contribution in [-0.2, 0) is 30.4 Å². The number of hydrogen-bond acceptors (Lipinski definition) is 8. The van der Waals surface area contributed by atoms with Crippen LogP contribution in [0.1, 0.15) is 52.0 Å². The summed E-state index contributed by atoms with van der Waals surface area (Å²) in [4.78, 5) is 36.8. The number of aliphatic hydroxyl groups excluding tert-OH is 1. The van der Waals surface area contributed by atoms with Crippen molar-refractivity contribution in [2.24, 2.45) is 7.05 Å². The van der Waals surface area contributed by atoms with Crippen LogP contribution in [0.2, 0.25) is 0 Å². The summed E-state index contributed by atoms with van der Waals surface area (Å²) in [7, 11) is 1.70. The molecule has 1 amide bonds. The molecule has 0 radical (unpaired) electrons. The number of pyridine rings is 2. The van der Waals surface area contributed by atoms with Gasteiger partial charge in [0.15, 0.2) is 0 Å². The van der Waals surface area contributed by atoms with E-state index in [-0.39, 0.29) is 23.5 Å². The molecular formula is C34H37N5O4S. The molecule has 0 aliphatic carbocycles. The number of anilines is 3. The Morgan fingerprint density at radius 3 is 2.59 bits per heavy atom. The molecule has 44 heavy (non-hydrogen) atoms. The average Bonchev–Trinajstić information content (AvgIpc) is 3.59. The second-order valence-electron chi connectivity index (χ2n) is 12.2. The molecule has 228 valence electrons. The Labute approximate surface area is 261 Å². The third kappa shape index (κ3) is 5.56. The number of benzene rings is 1. The number of ether oxygens (including phenoxy) is 1. The average molecular weight is 612 g/mol. The van der Waals surface area contributed by atoms with Gasteiger partial charge < -0.3 is 29.5 Å². The number of aromatic nitrogens is 2. The molecule has 0 spiro atoms. The normalized spacial score (nSPS) is 15.1. The van der Waals surface area contributed by atoms with Gasteiger partial charge in [-0.2, -0.15) is 0 Å². The molecule has 2 aliphatic heterocycles. The Balaban J connectivity index is 1.28. The highest BCUT2D eigenvalue weighted by molar-refractivity contribution is 7.13. The number of amides is 1. The van der Waals surface area contributed by atoms with E-state index in [4.69, 9.17) is 4.74 Å². The van der Waals surface area contributed by atoms with Gasteiger partial charge in [-0.15, -0.1) is 11.3 Å². The van der Waals surface area contributed by atoms with Gasteiger partial charge in [0.1, 0.15) is 11.5 Å². The first-order valence-electron chi connectivity index (χ1n) is 14.7. The summed E-state index contributed by atoms with van der Waals surface area (Å²) in [6.45, 7) is 13.7. The molecule has 10 heteroatoms. The highest BCUT2D eigenvalue weighted by Crippen LogP contribution is 2.45. The molecule has 2 aliphatic rings. The third-order valence-electron chi connectivity index (χ3n) is 8.13. The predicted molar refractivity (Wildman–Crippen MR) is 176 cm³/mol. The minimum absolute atomic E-state index is 0.0726. The van der Waals surface area contributed by atoms with Crippen LogP contribution in [0.4, 0.5) is 17.2 Å². The van der Waals surface area contributed by atoms with Gasteiger partial charge in [0.25, 0.3) is 11.5 Å². The van der Waals surface area contributed by atoms with E-state index in [1.165, 1.54) is 26.1 Å². The number of rotatable bonds is 6. The summed E-state index contributed by atoms with van der Waals surface area (Å²) < 4.78 is 6.85. The van der Waals surface area contributed by atoms with Crippen molar-refractivity contribution in [3.63, 3.8) is 0 Å². The number of aliphatic hydroxyl groups is 1. The zero-order valence-corrected chi connectivity index (χ0v) is 26.3. The largest absolute Gasteiger partial charge is 0.392 e. The van der Waals surface area contributed by atoms with Crippen LogP contribution < -0.4 is 15.8 Å². The van der Waals surface area contributed by atoms with Gasteiger partial charge in [0.2, 0.25) is 0 Å². The Kier molecular flexibility index (Phi) is 7.91. The quantitative estimate of drug-likeness (QED) is 0.297. The van der Waals surface area contributed by atoms with E-state index in [0.29, 0.717) is 49.9 Å². The fourth-order valence-corrected chi connectivity index (χ4v) is 6.88. The van der Waals surface area contributed by atoms with E-state index in [1.807, 2.05) is 18.2 Å². The summed E-state index contributed by atoms with van der Waals surface area (Å²) in [5.74, 6) is 0.357. The van der Waals surface area contributed by atoms with Crippen LogP contribution in [0.3, 0.4) is 0 Å². The minimum Gasteiger partial charge on any atom is -0.392 e. The van der Waals surface area contributed by atoms with Gasteiger partial charge in [0.05, 0.1) is 36.0 Å². The van der Waals surface area contributed by atoms with E-state index in [2.05, 4.69) is 48.6 Å². The van der Waals surface area contributed by atoms with Crippen molar-refractivity contribution in [2.75, 3.05) is 36.5 Å². The van der Waals surface area contributed by atoms with Crippen LogP contribution in [0, 0.1) is 0 Å². The number of carbonyl (C=O) groups is 1. The highest BCUT2D eigenvalue weighted by Gasteiger charge is 2.31. The van der Waals surface area contributed by atoms with Crippen molar-refractivity contribution in [1.29, 1.82) is 0 Å². The number of thiophene rings is 1. The van der Waals surface area contributed by atoms with Gasteiger partial charge >= 0.3 is 0 Å². The van der Waals surface area contributed by atoms with Crippen molar-refractivity contribution in [3.05, 3.63) is 98.2 Å². The van der Waals surface area contributed by atoms with Crippen molar-refractivity contribution in [2.45, 2.75) is 39.3 Å². The molecule has 0 saturated carbocycles. The number of nitrogens with one attached hydrogen (secondary N) is 1. The smallest absolute Gasteiger partial charge is 0.274 e. The van der Waals surface area contributed by atoms with Gasteiger partial charge in [-0.25, -0.2) is 4.98 Å². The van der Waals surface area contributed by atoms with Gasteiger partial charge in [0, 0.05) is 60.8 Å². The first-order chi connectivity index (χ1) is 21.0. The van der Waals surface area contributed by atoms with Crippen molar-refractivity contribution >= 4 is 40.1 Å². The van der Waals surface area contributed by atoms with Gasteiger partial charge in [-0.1, -0.05) is 39.5 Å². The number of nitrogens with zero attached hydrogens (tertiary/aromatic N) is 4. The standard InChI is InChI=1S/C34H37N5O4S/c1-21-31-24(16-29(44-31)34(2,3)4)19-39(21)28-8-6-7-25(26(28)20-40)23-15-27(33(42)37(5)18-23)36-30-10-9-22(17-35-30)32(41)38-11-13-43-14-12-38/h6-10,15-18,40H,1,11-14,19-20H2,2-5H3,(H,35,36). The highest BCUT2D eigenvalue weighted by atomic mass is 32.1. The maximum Gasteiger partial charge on any atom is 0.274 e. The summed E-state index contributed by atoms with van der Waals surface area (Å²) in [6.07, 6.45) is 3.29. The Bertz CT molecular complexity index is 1800. The SMILES string of the molecule is C=C1c2sc(C(C)(C)C)cc2CN1c1cccc(-c2cc(Nc3ccc(C(=O)N4CCOCC4)cn3)c(=O)n(C)c2)c1CO. The molecule has 4 aromatic rings. The predicted octanol–water partition coefficient (Wildman–Crippen LogP) is 5.51.